The van der Waals surface area contributed by atoms with Gasteiger partial charge in [0.2, 0.25) is 0 Å². The zero-order chi connectivity index (χ0) is 13.0. The summed E-state index contributed by atoms with van der Waals surface area (Å²) in [6.45, 7) is 3.95. The van der Waals surface area contributed by atoms with E-state index in [0.29, 0.717) is 0 Å². The second-order valence-electron chi connectivity index (χ2n) is 4.70. The van der Waals surface area contributed by atoms with Crippen LogP contribution in [-0.2, 0) is 6.42 Å². The topological polar surface area (TPSA) is 38.0 Å². The minimum atomic E-state index is -0.281. The molecule has 0 amide bonds. The maximum atomic E-state index is 9.66. The number of aromatic nitrogens is 2. The largest absolute Gasteiger partial charge is 0.393 e. The number of benzene rings is 1. The molecular weight excluding hydrogens is 224 g/mol. The highest BCUT2D eigenvalue weighted by atomic mass is 16.3. The Morgan fingerprint density at radius 2 is 1.94 bits per heavy atom. The number of rotatable bonds is 5. The summed E-state index contributed by atoms with van der Waals surface area (Å²) in [5.41, 5.74) is 2.10. The molecule has 0 saturated carbocycles. The second-order valence-corrected chi connectivity index (χ2v) is 4.70. The van der Waals surface area contributed by atoms with Crippen LogP contribution in [0.5, 0.6) is 0 Å². The number of nitrogens with zero attached hydrogens (tertiary/aromatic N) is 2. The molecule has 2 unspecified atom stereocenters. The van der Waals surface area contributed by atoms with Gasteiger partial charge < -0.3 is 5.11 Å². The molecule has 0 spiro atoms. The average Bonchev–Trinajstić information content (AvgIpc) is 2.85. The van der Waals surface area contributed by atoms with E-state index in [1.165, 1.54) is 0 Å². The van der Waals surface area contributed by atoms with E-state index in [1.807, 2.05) is 54.2 Å². The van der Waals surface area contributed by atoms with Gasteiger partial charge in [0.05, 0.1) is 17.5 Å². The molecule has 2 rings (SSSR count). The monoisotopic (exact) mass is 244 g/mol. The molecule has 0 saturated heterocycles. The Labute approximate surface area is 108 Å². The fourth-order valence-corrected chi connectivity index (χ4v) is 2.12. The molecule has 3 nitrogen and oxygen atoms in total. The Kier molecular flexibility index (Phi) is 4.15. The Balaban J connectivity index is 2.11. The van der Waals surface area contributed by atoms with Crippen molar-refractivity contribution in [1.29, 1.82) is 0 Å². The van der Waals surface area contributed by atoms with E-state index in [-0.39, 0.29) is 12.0 Å². The molecule has 0 fully saturated rings. The molecule has 18 heavy (non-hydrogen) atoms. The van der Waals surface area contributed by atoms with Crippen LogP contribution in [0.25, 0.3) is 5.69 Å². The lowest BCUT2D eigenvalue weighted by Crippen LogP contribution is -2.18. The first-order valence-electron chi connectivity index (χ1n) is 6.48. The average molecular weight is 244 g/mol. The quantitative estimate of drug-likeness (QED) is 0.878. The summed E-state index contributed by atoms with van der Waals surface area (Å²) in [4.78, 5) is 0. The third-order valence-corrected chi connectivity index (χ3v) is 3.34. The summed E-state index contributed by atoms with van der Waals surface area (Å²) < 4.78 is 1.88. The zero-order valence-electron chi connectivity index (χ0n) is 11.0. The molecule has 0 aliphatic carbocycles. The number of para-hydroxylation sites is 1. The second kappa shape index (κ2) is 5.83. The summed E-state index contributed by atoms with van der Waals surface area (Å²) in [5, 5.41) is 14.2. The zero-order valence-corrected chi connectivity index (χ0v) is 11.0. The van der Waals surface area contributed by atoms with Crippen molar-refractivity contribution in [3.8, 4) is 5.69 Å². The van der Waals surface area contributed by atoms with Crippen molar-refractivity contribution in [2.24, 2.45) is 5.92 Å². The molecule has 1 N–H and O–H groups in total. The van der Waals surface area contributed by atoms with Crippen LogP contribution in [0.4, 0.5) is 0 Å². The fraction of sp³-hybridized carbons (Fsp3) is 0.400. The summed E-state index contributed by atoms with van der Waals surface area (Å²) in [5.74, 6) is 0.282. The molecule has 1 aromatic heterocycles. The number of hydrogen-bond acceptors (Lipinski definition) is 2. The van der Waals surface area contributed by atoms with Crippen LogP contribution in [0.15, 0.2) is 42.6 Å². The first-order valence-corrected chi connectivity index (χ1v) is 6.48. The van der Waals surface area contributed by atoms with Gasteiger partial charge in [0.15, 0.2) is 0 Å². The Morgan fingerprint density at radius 3 is 2.56 bits per heavy atom. The van der Waals surface area contributed by atoms with Gasteiger partial charge in [0.1, 0.15) is 0 Å². The lowest BCUT2D eigenvalue weighted by molar-refractivity contribution is 0.122. The Morgan fingerprint density at radius 1 is 1.22 bits per heavy atom. The normalized spacial score (nSPS) is 14.4. The van der Waals surface area contributed by atoms with E-state index in [9.17, 15) is 5.11 Å². The highest BCUT2D eigenvalue weighted by Crippen LogP contribution is 2.16. The molecule has 0 radical (unpaired) electrons. The summed E-state index contributed by atoms with van der Waals surface area (Å²) in [7, 11) is 0. The van der Waals surface area contributed by atoms with Crippen molar-refractivity contribution in [2.45, 2.75) is 32.8 Å². The third kappa shape index (κ3) is 2.99. The van der Waals surface area contributed by atoms with Crippen LogP contribution in [-0.4, -0.2) is 21.0 Å². The number of aliphatic hydroxyl groups is 1. The van der Waals surface area contributed by atoms with Crippen LogP contribution in [0.1, 0.15) is 26.0 Å². The van der Waals surface area contributed by atoms with E-state index >= 15 is 0 Å². The van der Waals surface area contributed by atoms with Gasteiger partial charge in [-0.15, -0.1) is 0 Å². The van der Waals surface area contributed by atoms with E-state index < -0.39 is 0 Å². The minimum Gasteiger partial charge on any atom is -0.393 e. The highest BCUT2D eigenvalue weighted by molar-refractivity contribution is 5.30. The molecule has 2 atom stereocenters. The van der Waals surface area contributed by atoms with Gasteiger partial charge in [0, 0.05) is 6.20 Å². The predicted molar refractivity (Wildman–Crippen MR) is 72.7 cm³/mol. The maximum absolute atomic E-state index is 9.66. The molecule has 1 heterocycles. The standard InChI is InChI=1S/C15H20N2O/c1-3-13(12(2)18)11-14-9-10-17(16-14)15-7-5-4-6-8-15/h4-10,12-13,18H,3,11H2,1-2H3. The lowest BCUT2D eigenvalue weighted by atomic mass is 9.95. The van der Waals surface area contributed by atoms with Crippen molar-refractivity contribution in [3.63, 3.8) is 0 Å². The molecule has 0 bridgehead atoms. The molecule has 3 heteroatoms. The van der Waals surface area contributed by atoms with Gasteiger partial charge in [0.25, 0.3) is 0 Å². The van der Waals surface area contributed by atoms with E-state index in [4.69, 9.17) is 0 Å². The van der Waals surface area contributed by atoms with E-state index in [0.717, 1.165) is 24.2 Å². The fourth-order valence-electron chi connectivity index (χ4n) is 2.12. The van der Waals surface area contributed by atoms with Crippen LogP contribution in [0.2, 0.25) is 0 Å². The summed E-state index contributed by atoms with van der Waals surface area (Å²) in [6.07, 6.45) is 3.49. The van der Waals surface area contributed by atoms with Crippen LogP contribution in [0, 0.1) is 5.92 Å². The molecular formula is C15H20N2O. The van der Waals surface area contributed by atoms with E-state index in [1.54, 1.807) is 0 Å². The van der Waals surface area contributed by atoms with Gasteiger partial charge in [-0.3, -0.25) is 0 Å². The highest BCUT2D eigenvalue weighted by Gasteiger charge is 2.14. The van der Waals surface area contributed by atoms with Gasteiger partial charge >= 0.3 is 0 Å². The van der Waals surface area contributed by atoms with Crippen molar-refractivity contribution in [3.05, 3.63) is 48.3 Å². The van der Waals surface area contributed by atoms with Gasteiger partial charge in [-0.25, -0.2) is 4.68 Å². The Hall–Kier alpha value is -1.61. The first kappa shape index (κ1) is 12.8. The number of hydrogen-bond donors (Lipinski definition) is 1. The van der Waals surface area contributed by atoms with Crippen molar-refractivity contribution in [2.75, 3.05) is 0 Å². The Bertz CT molecular complexity index is 476. The van der Waals surface area contributed by atoms with Crippen molar-refractivity contribution in [1.82, 2.24) is 9.78 Å². The summed E-state index contributed by atoms with van der Waals surface area (Å²) >= 11 is 0. The molecule has 0 aliphatic rings. The molecule has 96 valence electrons. The van der Waals surface area contributed by atoms with Gasteiger partial charge in [-0.05, 0) is 37.5 Å². The van der Waals surface area contributed by atoms with Crippen LogP contribution < -0.4 is 0 Å². The van der Waals surface area contributed by atoms with Crippen molar-refractivity contribution >= 4 is 0 Å². The van der Waals surface area contributed by atoms with Gasteiger partial charge in [-0.2, -0.15) is 5.10 Å². The predicted octanol–water partition coefficient (Wildman–Crippen LogP) is 2.82. The molecule has 2 aromatic rings. The number of aliphatic hydroxyl groups excluding tert-OH is 1. The molecule has 1 aromatic carbocycles. The third-order valence-electron chi connectivity index (χ3n) is 3.34. The van der Waals surface area contributed by atoms with Crippen molar-refractivity contribution < 1.29 is 5.11 Å². The summed E-state index contributed by atoms with van der Waals surface area (Å²) in [6, 6.07) is 12.1. The molecule has 0 aliphatic heterocycles. The minimum absolute atomic E-state index is 0.281. The lowest BCUT2D eigenvalue weighted by Gasteiger charge is -2.16. The smallest absolute Gasteiger partial charge is 0.0645 e. The van der Waals surface area contributed by atoms with Crippen LogP contribution in [0.3, 0.4) is 0 Å². The first-order chi connectivity index (χ1) is 8.70. The SMILES string of the molecule is CCC(Cc1ccn(-c2ccccc2)n1)C(C)O. The van der Waals surface area contributed by atoms with E-state index in [2.05, 4.69) is 12.0 Å². The van der Waals surface area contributed by atoms with Gasteiger partial charge in [-0.1, -0.05) is 31.5 Å². The maximum Gasteiger partial charge on any atom is 0.0645 e. The van der Waals surface area contributed by atoms with Crippen LogP contribution >= 0.6 is 0 Å².